The molecule has 0 spiro atoms. The molecule has 0 bridgehead atoms. The second kappa shape index (κ2) is 5.14. The summed E-state index contributed by atoms with van der Waals surface area (Å²) in [6.45, 7) is 4.55. The molecule has 1 N–H and O–H groups in total. The van der Waals surface area contributed by atoms with Gasteiger partial charge in [0.2, 0.25) is 5.91 Å². The lowest BCUT2D eigenvalue weighted by Crippen LogP contribution is -2.47. The Kier molecular flexibility index (Phi) is 4.12. The van der Waals surface area contributed by atoms with Gasteiger partial charge in [-0.2, -0.15) is 0 Å². The second-order valence-corrected chi connectivity index (χ2v) is 4.53. The van der Waals surface area contributed by atoms with Crippen LogP contribution in [-0.2, 0) is 9.59 Å². The normalized spacial score (nSPS) is 19.4. The molecule has 0 aromatic heterocycles. The van der Waals surface area contributed by atoms with Crippen molar-refractivity contribution in [2.75, 3.05) is 6.54 Å². The van der Waals surface area contributed by atoms with Gasteiger partial charge in [0.05, 0.1) is 0 Å². The Balaban J connectivity index is 2.69. The van der Waals surface area contributed by atoms with E-state index in [4.69, 9.17) is 5.11 Å². The third kappa shape index (κ3) is 3.22. The van der Waals surface area contributed by atoms with Crippen molar-refractivity contribution in [3.63, 3.8) is 0 Å². The van der Waals surface area contributed by atoms with Crippen molar-refractivity contribution >= 4 is 11.9 Å². The van der Waals surface area contributed by atoms with Crippen LogP contribution in [0.3, 0.4) is 0 Å². The van der Waals surface area contributed by atoms with Crippen molar-refractivity contribution < 1.29 is 14.7 Å². The molecule has 0 aliphatic carbocycles. The number of carbonyl (C=O) groups is 2. The summed E-state index contributed by atoms with van der Waals surface area (Å²) in [4.78, 5) is 24.2. The van der Waals surface area contributed by atoms with Crippen LogP contribution in [0.15, 0.2) is 0 Å². The number of rotatable bonds is 4. The summed E-state index contributed by atoms with van der Waals surface area (Å²) >= 11 is 0. The van der Waals surface area contributed by atoms with Gasteiger partial charge in [0.15, 0.2) is 0 Å². The minimum absolute atomic E-state index is 0.00528. The third-order valence-electron chi connectivity index (χ3n) is 2.72. The quantitative estimate of drug-likeness (QED) is 0.769. The first-order valence-corrected chi connectivity index (χ1v) is 5.54. The summed E-state index contributed by atoms with van der Waals surface area (Å²) in [5.74, 6) is -0.589. The van der Waals surface area contributed by atoms with Gasteiger partial charge in [0, 0.05) is 13.0 Å². The van der Waals surface area contributed by atoms with Crippen LogP contribution >= 0.6 is 0 Å². The minimum atomic E-state index is -0.876. The lowest BCUT2D eigenvalue weighted by Gasteiger charge is -2.32. The smallest absolute Gasteiger partial charge is 0.326 e. The molecular formula is C11H19NO3. The van der Waals surface area contributed by atoms with Crippen LogP contribution in [0.4, 0.5) is 0 Å². The van der Waals surface area contributed by atoms with Crippen molar-refractivity contribution in [3.8, 4) is 0 Å². The van der Waals surface area contributed by atoms with E-state index >= 15 is 0 Å². The predicted molar refractivity (Wildman–Crippen MR) is 56.4 cm³/mol. The highest BCUT2D eigenvalue weighted by Gasteiger charge is 2.31. The average Bonchev–Trinajstić information content (AvgIpc) is 2.15. The number of carboxylic acid groups (broad SMARTS) is 1. The zero-order valence-electron chi connectivity index (χ0n) is 9.40. The van der Waals surface area contributed by atoms with Crippen LogP contribution in [0, 0.1) is 5.92 Å². The monoisotopic (exact) mass is 213 g/mol. The van der Waals surface area contributed by atoms with Gasteiger partial charge in [-0.3, -0.25) is 4.79 Å². The van der Waals surface area contributed by atoms with Crippen LogP contribution in [0.25, 0.3) is 0 Å². The maximum Gasteiger partial charge on any atom is 0.326 e. The van der Waals surface area contributed by atoms with Crippen molar-refractivity contribution in [1.82, 2.24) is 4.90 Å². The van der Waals surface area contributed by atoms with Crippen LogP contribution < -0.4 is 0 Å². The first kappa shape index (κ1) is 12.0. The molecule has 1 saturated heterocycles. The van der Waals surface area contributed by atoms with Crippen molar-refractivity contribution in [3.05, 3.63) is 0 Å². The highest BCUT2D eigenvalue weighted by molar-refractivity contribution is 5.84. The Morgan fingerprint density at radius 3 is 2.60 bits per heavy atom. The molecular weight excluding hydrogens is 194 g/mol. The molecule has 1 amide bonds. The molecule has 1 heterocycles. The fourth-order valence-corrected chi connectivity index (χ4v) is 1.96. The van der Waals surface area contributed by atoms with Crippen molar-refractivity contribution in [1.29, 1.82) is 0 Å². The zero-order chi connectivity index (χ0) is 11.4. The number of carboxylic acids is 1. The van der Waals surface area contributed by atoms with Crippen LogP contribution in [0.1, 0.15) is 39.5 Å². The lowest BCUT2D eigenvalue weighted by molar-refractivity contribution is -0.152. The van der Waals surface area contributed by atoms with E-state index in [0.29, 0.717) is 25.3 Å². The number of nitrogens with zero attached hydrogens (tertiary/aromatic N) is 1. The number of hydrogen-bond donors (Lipinski definition) is 1. The number of likely N-dealkylation sites (tertiary alicyclic amines) is 1. The largest absolute Gasteiger partial charge is 0.480 e. The first-order valence-electron chi connectivity index (χ1n) is 5.54. The van der Waals surface area contributed by atoms with Gasteiger partial charge in [-0.1, -0.05) is 13.8 Å². The number of hydrogen-bond acceptors (Lipinski definition) is 2. The highest BCUT2D eigenvalue weighted by atomic mass is 16.4. The Morgan fingerprint density at radius 1 is 1.47 bits per heavy atom. The first-order chi connectivity index (χ1) is 7.02. The van der Waals surface area contributed by atoms with E-state index in [0.717, 1.165) is 12.8 Å². The van der Waals surface area contributed by atoms with E-state index < -0.39 is 12.0 Å². The Labute approximate surface area is 90.3 Å². The molecule has 0 aromatic rings. The van der Waals surface area contributed by atoms with E-state index in [1.165, 1.54) is 4.90 Å². The topological polar surface area (TPSA) is 57.6 Å². The van der Waals surface area contributed by atoms with Gasteiger partial charge in [-0.05, 0) is 25.2 Å². The zero-order valence-corrected chi connectivity index (χ0v) is 9.40. The molecule has 0 radical (unpaired) electrons. The van der Waals surface area contributed by atoms with Gasteiger partial charge < -0.3 is 10.0 Å². The fraction of sp³-hybridized carbons (Fsp3) is 0.818. The summed E-state index contributed by atoms with van der Waals surface area (Å²) in [6, 6.07) is -0.627. The van der Waals surface area contributed by atoms with Crippen LogP contribution in [0.5, 0.6) is 0 Å². The average molecular weight is 213 g/mol. The maximum atomic E-state index is 11.6. The van der Waals surface area contributed by atoms with Gasteiger partial charge in [0.25, 0.3) is 0 Å². The molecule has 1 atom stereocenters. The molecule has 0 saturated carbocycles. The van der Waals surface area contributed by atoms with E-state index in [1.54, 1.807) is 0 Å². The fourth-order valence-electron chi connectivity index (χ4n) is 1.96. The van der Waals surface area contributed by atoms with E-state index in [2.05, 4.69) is 0 Å². The molecule has 86 valence electrons. The molecule has 1 fully saturated rings. The second-order valence-electron chi connectivity index (χ2n) is 4.53. The number of amides is 1. The molecule has 1 aliphatic heterocycles. The van der Waals surface area contributed by atoms with Gasteiger partial charge in [-0.15, -0.1) is 0 Å². The summed E-state index contributed by atoms with van der Waals surface area (Å²) in [6.07, 6.45) is 2.86. The van der Waals surface area contributed by atoms with Gasteiger partial charge in [0.1, 0.15) is 6.04 Å². The number of piperidine rings is 1. The maximum absolute atomic E-state index is 11.6. The summed E-state index contributed by atoms with van der Waals surface area (Å²) in [5.41, 5.74) is 0. The van der Waals surface area contributed by atoms with Crippen LogP contribution in [0.2, 0.25) is 0 Å². The van der Waals surface area contributed by atoms with Crippen LogP contribution in [-0.4, -0.2) is 34.5 Å². The van der Waals surface area contributed by atoms with Crippen molar-refractivity contribution in [2.24, 2.45) is 5.92 Å². The highest BCUT2D eigenvalue weighted by Crippen LogP contribution is 2.18. The molecule has 0 unspecified atom stereocenters. The summed E-state index contributed by atoms with van der Waals surface area (Å²) in [5, 5.41) is 9.10. The Bertz CT molecular complexity index is 250. The summed E-state index contributed by atoms with van der Waals surface area (Å²) in [7, 11) is 0. The summed E-state index contributed by atoms with van der Waals surface area (Å²) < 4.78 is 0. The van der Waals surface area contributed by atoms with Crippen molar-refractivity contribution in [2.45, 2.75) is 45.6 Å². The lowest BCUT2D eigenvalue weighted by atomic mass is 9.99. The van der Waals surface area contributed by atoms with Gasteiger partial charge in [-0.25, -0.2) is 4.79 Å². The number of carbonyl (C=O) groups excluding carboxylic acids is 1. The Hall–Kier alpha value is -1.06. The van der Waals surface area contributed by atoms with E-state index in [1.807, 2.05) is 13.8 Å². The molecule has 4 nitrogen and oxygen atoms in total. The molecule has 15 heavy (non-hydrogen) atoms. The third-order valence-corrected chi connectivity index (χ3v) is 2.72. The molecule has 4 heteroatoms. The molecule has 1 aliphatic rings. The number of aliphatic carboxylic acids is 1. The van der Waals surface area contributed by atoms with E-state index in [-0.39, 0.29) is 5.91 Å². The SMILES string of the molecule is CC(C)C[C@H](C(=O)O)N1CCCCC1=O. The Morgan fingerprint density at radius 2 is 2.13 bits per heavy atom. The minimum Gasteiger partial charge on any atom is -0.480 e. The molecule has 1 rings (SSSR count). The standard InChI is InChI=1S/C11H19NO3/c1-8(2)7-9(11(14)15)12-6-4-3-5-10(12)13/h8-9H,3-7H2,1-2H3,(H,14,15)/t9-/m1/s1. The predicted octanol–water partition coefficient (Wildman–Crippen LogP) is 1.50. The van der Waals surface area contributed by atoms with E-state index in [9.17, 15) is 9.59 Å². The van der Waals surface area contributed by atoms with Gasteiger partial charge >= 0.3 is 5.97 Å². The molecule has 0 aromatic carbocycles.